The van der Waals surface area contributed by atoms with Gasteiger partial charge in [-0.05, 0) is 0 Å². The van der Waals surface area contributed by atoms with Crippen molar-refractivity contribution in [3.63, 3.8) is 0 Å². The molecule has 0 heterocycles. The summed E-state index contributed by atoms with van der Waals surface area (Å²) < 4.78 is 22.7. The van der Waals surface area contributed by atoms with Gasteiger partial charge in [-0.1, -0.05) is 0 Å². The van der Waals surface area contributed by atoms with Gasteiger partial charge in [0.2, 0.25) is 0 Å². The third-order valence-electron chi connectivity index (χ3n) is 1.67. The van der Waals surface area contributed by atoms with Crippen LogP contribution in [0.3, 0.4) is 0 Å². The molecule has 0 aromatic carbocycles. The average molecular weight is 288 g/mol. The molecule has 0 atom stereocenters. The van der Waals surface area contributed by atoms with E-state index in [4.69, 9.17) is 13.0 Å². The zero-order valence-corrected chi connectivity index (χ0v) is 12.1. The van der Waals surface area contributed by atoms with Crippen molar-refractivity contribution in [2.45, 2.75) is 32.8 Å². The molecule has 0 aromatic rings. The van der Waals surface area contributed by atoms with E-state index in [-0.39, 0.29) is 0 Å². The molecule has 0 aromatic heterocycles. The summed E-state index contributed by atoms with van der Waals surface area (Å²) >= 11 is -4.11. The van der Waals surface area contributed by atoms with Gasteiger partial charge in [-0.25, -0.2) is 0 Å². The van der Waals surface area contributed by atoms with E-state index in [0.717, 1.165) is 0 Å². The summed E-state index contributed by atoms with van der Waals surface area (Å²) in [6.07, 6.45) is 0. The molecule has 0 amide bonds. The topological polar surface area (TPSA) is 36.9 Å². The first kappa shape index (κ1) is 14.6. The molecular formula is C9H23NbO4. The quantitative estimate of drug-likeness (QED) is 0.643. The van der Waals surface area contributed by atoms with Gasteiger partial charge in [-0.2, -0.15) is 0 Å². The van der Waals surface area contributed by atoms with Crippen molar-refractivity contribution in [2.24, 2.45) is 0 Å². The van der Waals surface area contributed by atoms with Crippen LogP contribution in [0, 0.1) is 0 Å². The van der Waals surface area contributed by atoms with Gasteiger partial charge >= 0.3 is 89.6 Å². The molecule has 0 saturated heterocycles. The van der Waals surface area contributed by atoms with E-state index in [1.54, 1.807) is 0 Å². The van der Waals surface area contributed by atoms with E-state index in [1.807, 2.05) is 32.8 Å². The van der Waals surface area contributed by atoms with Gasteiger partial charge in [0, 0.05) is 0 Å². The van der Waals surface area contributed by atoms with Crippen LogP contribution in [0.2, 0.25) is 5.14 Å². The second kappa shape index (κ2) is 6.23. The average Bonchev–Trinajstić information content (AvgIpc) is 2.05. The second-order valence-electron chi connectivity index (χ2n) is 2.85. The minimum atomic E-state index is -4.11. The maximum atomic E-state index is 5.67. The van der Waals surface area contributed by atoms with Crippen LogP contribution >= 0.6 is 0 Å². The number of rotatable bonds is 8. The molecule has 0 aliphatic rings. The van der Waals surface area contributed by atoms with E-state index >= 15 is 0 Å². The van der Waals surface area contributed by atoms with Crippen LogP contribution in [0.15, 0.2) is 0 Å². The maximum absolute atomic E-state index is 5.67. The summed E-state index contributed by atoms with van der Waals surface area (Å²) in [5, 5.41) is 1.87. The Kier molecular flexibility index (Phi) is 6.48. The SMILES string of the molecule is CC[O][Nb]([CH3])([O]CC)([O]CC)[O]CC. The minimum absolute atomic E-state index is 0.554. The zero-order valence-electron chi connectivity index (χ0n) is 9.91. The predicted molar refractivity (Wildman–Crippen MR) is 52.4 cm³/mol. The van der Waals surface area contributed by atoms with E-state index in [1.165, 1.54) is 0 Å². The Bertz CT molecular complexity index is 127. The number of hydrogen-bond donors (Lipinski definition) is 0. The Morgan fingerprint density at radius 1 is 0.643 bits per heavy atom. The monoisotopic (exact) mass is 288 g/mol. The number of hydrogen-bond acceptors (Lipinski definition) is 4. The Morgan fingerprint density at radius 2 is 0.857 bits per heavy atom. The van der Waals surface area contributed by atoms with Crippen LogP contribution in [0.5, 0.6) is 0 Å². The van der Waals surface area contributed by atoms with Gasteiger partial charge < -0.3 is 0 Å². The fraction of sp³-hybridized carbons (Fsp3) is 1.00. The molecule has 0 radical (unpaired) electrons. The molecular weight excluding hydrogens is 265 g/mol. The van der Waals surface area contributed by atoms with Crippen LogP contribution in [0.25, 0.3) is 0 Å². The van der Waals surface area contributed by atoms with Crippen molar-refractivity contribution in [2.75, 3.05) is 26.4 Å². The first-order chi connectivity index (χ1) is 6.54. The molecule has 88 valence electrons. The third kappa shape index (κ3) is 3.98. The second-order valence-corrected chi connectivity index (χ2v) is 11.2. The predicted octanol–water partition coefficient (Wildman–Crippen LogP) is 2.53. The van der Waals surface area contributed by atoms with Crippen LogP contribution in [-0.4, -0.2) is 26.4 Å². The Balaban J connectivity index is 4.69. The summed E-state index contributed by atoms with van der Waals surface area (Å²) in [6, 6.07) is 0. The molecule has 0 aliphatic heterocycles. The molecule has 0 bridgehead atoms. The van der Waals surface area contributed by atoms with Crippen molar-refractivity contribution in [1.82, 2.24) is 0 Å². The van der Waals surface area contributed by atoms with E-state index in [9.17, 15) is 0 Å². The van der Waals surface area contributed by atoms with Gasteiger partial charge in [0.25, 0.3) is 0 Å². The first-order valence-corrected chi connectivity index (χ1v) is 10.9. The fourth-order valence-electron chi connectivity index (χ4n) is 1.37. The normalized spacial score (nSPS) is 15.1. The molecule has 14 heavy (non-hydrogen) atoms. The van der Waals surface area contributed by atoms with Crippen molar-refractivity contribution in [3.05, 3.63) is 0 Å². The molecule has 0 fully saturated rings. The summed E-state index contributed by atoms with van der Waals surface area (Å²) in [4.78, 5) is 0. The van der Waals surface area contributed by atoms with E-state index in [0.29, 0.717) is 26.4 Å². The molecule has 4 nitrogen and oxygen atoms in total. The van der Waals surface area contributed by atoms with Gasteiger partial charge in [0.15, 0.2) is 0 Å². The Morgan fingerprint density at radius 3 is 1.00 bits per heavy atom. The van der Waals surface area contributed by atoms with E-state index < -0.39 is 17.4 Å². The van der Waals surface area contributed by atoms with Crippen LogP contribution < -0.4 is 0 Å². The van der Waals surface area contributed by atoms with Gasteiger partial charge in [0.05, 0.1) is 0 Å². The van der Waals surface area contributed by atoms with Gasteiger partial charge in [-0.15, -0.1) is 0 Å². The van der Waals surface area contributed by atoms with Crippen molar-refractivity contribution in [3.8, 4) is 0 Å². The molecule has 0 unspecified atom stereocenters. The summed E-state index contributed by atoms with van der Waals surface area (Å²) in [5.41, 5.74) is 0. The third-order valence-corrected chi connectivity index (χ3v) is 9.85. The summed E-state index contributed by atoms with van der Waals surface area (Å²) in [6.45, 7) is 9.91. The molecule has 0 rings (SSSR count). The van der Waals surface area contributed by atoms with Crippen LogP contribution in [0.4, 0.5) is 0 Å². The van der Waals surface area contributed by atoms with Gasteiger partial charge in [0.1, 0.15) is 0 Å². The first-order valence-electron chi connectivity index (χ1n) is 5.16. The van der Waals surface area contributed by atoms with Gasteiger partial charge in [-0.3, -0.25) is 0 Å². The zero-order chi connectivity index (χ0) is 11.1. The molecule has 0 N–H and O–H groups in total. The molecule has 0 spiro atoms. The summed E-state index contributed by atoms with van der Waals surface area (Å²) in [5.74, 6) is 0. The van der Waals surface area contributed by atoms with Crippen LogP contribution in [0.1, 0.15) is 27.7 Å². The van der Waals surface area contributed by atoms with E-state index in [2.05, 4.69) is 0 Å². The van der Waals surface area contributed by atoms with Crippen molar-refractivity contribution in [1.29, 1.82) is 0 Å². The fourth-order valence-corrected chi connectivity index (χ4v) is 8.12. The van der Waals surface area contributed by atoms with Crippen LogP contribution in [-0.2, 0) is 30.4 Å². The standard InChI is InChI=1S/4C2H5O.CH3.Nb/c4*1-2-3;;/h4*2H2,1H3;1H3;/q4*-1;;+4. The summed E-state index contributed by atoms with van der Waals surface area (Å²) in [7, 11) is 0. The molecule has 0 aliphatic carbocycles. The Labute approximate surface area is 89.8 Å². The van der Waals surface area contributed by atoms with Crippen molar-refractivity contribution >= 4 is 0 Å². The molecule has 0 saturated carbocycles. The Hall–Kier alpha value is 0.580. The van der Waals surface area contributed by atoms with Crippen molar-refractivity contribution < 1.29 is 30.4 Å². The molecule has 5 heteroatoms.